The van der Waals surface area contributed by atoms with Crippen molar-refractivity contribution in [3.8, 4) is 17.1 Å². The largest absolute Gasteiger partial charge is 0.497 e. The van der Waals surface area contributed by atoms with Crippen LogP contribution in [0.5, 0.6) is 5.75 Å². The first-order valence-corrected chi connectivity index (χ1v) is 12.2. The Hall–Kier alpha value is -3.31. The van der Waals surface area contributed by atoms with Crippen molar-refractivity contribution in [1.29, 1.82) is 0 Å². The molecule has 174 valence electrons. The highest BCUT2D eigenvalue weighted by atomic mass is 32.2. The highest BCUT2D eigenvalue weighted by Gasteiger charge is 2.25. The second kappa shape index (κ2) is 10.1. The Kier molecular flexibility index (Phi) is 6.99. The Labute approximate surface area is 192 Å². The Morgan fingerprint density at radius 2 is 1.79 bits per heavy atom. The maximum absolute atomic E-state index is 12.9. The van der Waals surface area contributed by atoms with Crippen LogP contribution in [0.15, 0.2) is 53.4 Å². The number of sulfonamides is 1. The van der Waals surface area contributed by atoms with Gasteiger partial charge in [0.05, 0.1) is 12.0 Å². The van der Waals surface area contributed by atoms with Crippen molar-refractivity contribution in [2.75, 3.05) is 25.5 Å². The molecule has 0 bridgehead atoms. The van der Waals surface area contributed by atoms with E-state index in [1.807, 2.05) is 18.2 Å². The van der Waals surface area contributed by atoms with E-state index in [-0.39, 0.29) is 17.3 Å². The molecule has 11 heteroatoms. The van der Waals surface area contributed by atoms with Crippen LogP contribution in [-0.2, 0) is 21.4 Å². The Bertz CT molecular complexity index is 1200. The number of carbonyl (C=O) groups is 1. The minimum Gasteiger partial charge on any atom is -0.497 e. The van der Waals surface area contributed by atoms with Crippen molar-refractivity contribution in [1.82, 2.24) is 24.5 Å². The Morgan fingerprint density at radius 1 is 1.06 bits per heavy atom. The van der Waals surface area contributed by atoms with Gasteiger partial charge in [-0.15, -0.1) is 10.2 Å². The van der Waals surface area contributed by atoms with Gasteiger partial charge in [0.2, 0.25) is 21.8 Å². The fourth-order valence-corrected chi connectivity index (χ4v) is 5.18. The van der Waals surface area contributed by atoms with Crippen molar-refractivity contribution in [2.24, 2.45) is 0 Å². The molecular formula is C22H26N6O4S. The first-order valence-electron chi connectivity index (χ1n) is 10.8. The summed E-state index contributed by atoms with van der Waals surface area (Å²) in [5, 5.41) is 14.9. The number of anilines is 1. The zero-order valence-electron chi connectivity index (χ0n) is 18.3. The van der Waals surface area contributed by atoms with Gasteiger partial charge in [-0.05, 0) is 54.5 Å². The molecule has 0 saturated carbocycles. The van der Waals surface area contributed by atoms with Crippen LogP contribution in [0.25, 0.3) is 11.4 Å². The predicted octanol–water partition coefficient (Wildman–Crippen LogP) is 2.55. The second-order valence-corrected chi connectivity index (χ2v) is 9.70. The fraction of sp³-hybridized carbons (Fsp3) is 0.364. The number of amides is 1. The molecule has 1 amide bonds. The molecule has 0 unspecified atom stereocenters. The number of nitrogens with one attached hydrogen (secondary N) is 1. The average molecular weight is 471 g/mol. The minimum absolute atomic E-state index is 0.134. The summed E-state index contributed by atoms with van der Waals surface area (Å²) in [6, 6.07) is 13.4. The van der Waals surface area contributed by atoms with E-state index >= 15 is 0 Å². The molecular weight excluding hydrogens is 444 g/mol. The predicted molar refractivity (Wildman–Crippen MR) is 122 cm³/mol. The van der Waals surface area contributed by atoms with Gasteiger partial charge >= 0.3 is 0 Å². The molecule has 1 N–H and O–H groups in total. The van der Waals surface area contributed by atoms with E-state index in [1.54, 1.807) is 29.6 Å². The number of aromatic nitrogens is 4. The van der Waals surface area contributed by atoms with Crippen molar-refractivity contribution >= 4 is 21.6 Å². The van der Waals surface area contributed by atoms with E-state index < -0.39 is 10.0 Å². The van der Waals surface area contributed by atoms with E-state index in [4.69, 9.17) is 4.74 Å². The number of carbonyl (C=O) groups excluding carboxylic acids is 1. The van der Waals surface area contributed by atoms with E-state index in [9.17, 15) is 13.2 Å². The van der Waals surface area contributed by atoms with Crippen molar-refractivity contribution in [2.45, 2.75) is 37.1 Å². The number of hydrogen-bond acceptors (Lipinski definition) is 7. The van der Waals surface area contributed by atoms with Gasteiger partial charge in [-0.2, -0.15) is 9.10 Å². The Balaban J connectivity index is 1.38. The van der Waals surface area contributed by atoms with Crippen LogP contribution in [0, 0.1) is 0 Å². The average Bonchev–Trinajstić information content (AvgIpc) is 3.10. The number of nitrogens with zero attached hydrogens (tertiary/aromatic N) is 5. The third-order valence-corrected chi connectivity index (χ3v) is 7.32. The summed E-state index contributed by atoms with van der Waals surface area (Å²) in [6.07, 6.45) is 3.86. The minimum atomic E-state index is -3.53. The number of ether oxygens (including phenoxy) is 1. The van der Waals surface area contributed by atoms with Gasteiger partial charge in [-0.1, -0.05) is 25.0 Å². The van der Waals surface area contributed by atoms with E-state index in [1.165, 1.54) is 16.9 Å². The molecule has 1 aliphatic rings. The number of tetrazole rings is 1. The maximum Gasteiger partial charge on any atom is 0.248 e. The SMILES string of the molecule is COc1cccc(-c2nnn(CC(=O)Nc3ccc(S(=O)(=O)N4CCCCCC4)cc3)n2)c1. The third kappa shape index (κ3) is 5.55. The summed E-state index contributed by atoms with van der Waals surface area (Å²) in [6.45, 7) is 0.956. The summed E-state index contributed by atoms with van der Waals surface area (Å²) in [4.78, 5) is 13.8. The first-order chi connectivity index (χ1) is 16.0. The lowest BCUT2D eigenvalue weighted by Crippen LogP contribution is -2.31. The van der Waals surface area contributed by atoms with Gasteiger partial charge in [-0.3, -0.25) is 4.79 Å². The standard InChI is InChI=1S/C22H26N6O4S/c1-32-19-8-6-7-17(15-19)22-24-26-28(25-22)16-21(29)23-18-9-11-20(12-10-18)33(30,31)27-13-4-2-3-5-14-27/h6-12,15H,2-5,13-14,16H2,1H3,(H,23,29). The molecule has 0 aliphatic carbocycles. The number of benzene rings is 2. The van der Waals surface area contributed by atoms with Crippen LogP contribution in [0.3, 0.4) is 0 Å². The van der Waals surface area contributed by atoms with Crippen molar-refractivity contribution in [3.63, 3.8) is 0 Å². The topological polar surface area (TPSA) is 119 Å². The summed E-state index contributed by atoms with van der Waals surface area (Å²) in [7, 11) is -1.95. The van der Waals surface area contributed by atoms with Gasteiger partial charge < -0.3 is 10.1 Å². The molecule has 0 atom stereocenters. The molecule has 10 nitrogen and oxygen atoms in total. The fourth-order valence-electron chi connectivity index (χ4n) is 3.66. The molecule has 3 aromatic rings. The van der Waals surface area contributed by atoms with Gasteiger partial charge in [0.1, 0.15) is 12.3 Å². The number of methoxy groups -OCH3 is 1. The number of rotatable bonds is 7. The van der Waals surface area contributed by atoms with Gasteiger partial charge in [-0.25, -0.2) is 8.42 Å². The molecule has 2 heterocycles. The highest BCUT2D eigenvalue weighted by Crippen LogP contribution is 2.22. The van der Waals surface area contributed by atoms with Crippen LogP contribution in [-0.4, -0.2) is 59.0 Å². The summed E-state index contributed by atoms with van der Waals surface area (Å²) < 4.78 is 32.5. The highest BCUT2D eigenvalue weighted by molar-refractivity contribution is 7.89. The van der Waals surface area contributed by atoms with Crippen LogP contribution < -0.4 is 10.1 Å². The molecule has 1 fully saturated rings. The normalized spacial score (nSPS) is 15.1. The lowest BCUT2D eigenvalue weighted by Gasteiger charge is -2.20. The van der Waals surface area contributed by atoms with Crippen LogP contribution in [0.1, 0.15) is 25.7 Å². The van der Waals surface area contributed by atoms with Crippen molar-refractivity contribution < 1.29 is 17.9 Å². The van der Waals surface area contributed by atoms with Crippen LogP contribution in [0.4, 0.5) is 5.69 Å². The second-order valence-electron chi connectivity index (χ2n) is 7.77. The molecule has 2 aromatic carbocycles. The summed E-state index contributed by atoms with van der Waals surface area (Å²) >= 11 is 0. The lowest BCUT2D eigenvalue weighted by molar-refractivity contribution is -0.117. The molecule has 33 heavy (non-hydrogen) atoms. The maximum atomic E-state index is 12.9. The lowest BCUT2D eigenvalue weighted by atomic mass is 10.2. The molecule has 0 radical (unpaired) electrons. The smallest absolute Gasteiger partial charge is 0.248 e. The Morgan fingerprint density at radius 3 is 2.48 bits per heavy atom. The molecule has 0 spiro atoms. The number of hydrogen-bond donors (Lipinski definition) is 1. The van der Waals surface area contributed by atoms with Crippen LogP contribution >= 0.6 is 0 Å². The summed E-state index contributed by atoms with van der Waals surface area (Å²) in [5.74, 6) is 0.695. The zero-order valence-corrected chi connectivity index (χ0v) is 19.2. The molecule has 1 aliphatic heterocycles. The monoisotopic (exact) mass is 470 g/mol. The van der Waals surface area contributed by atoms with Gasteiger partial charge in [0.25, 0.3) is 0 Å². The first kappa shape index (κ1) is 22.9. The molecule has 4 rings (SSSR count). The summed E-state index contributed by atoms with van der Waals surface area (Å²) in [5.41, 5.74) is 1.21. The quantitative estimate of drug-likeness (QED) is 0.563. The zero-order chi connectivity index (χ0) is 23.3. The van der Waals surface area contributed by atoms with Gasteiger partial charge in [0, 0.05) is 24.3 Å². The molecule has 1 saturated heterocycles. The van der Waals surface area contributed by atoms with Crippen molar-refractivity contribution in [3.05, 3.63) is 48.5 Å². The van der Waals surface area contributed by atoms with E-state index in [0.717, 1.165) is 31.2 Å². The van der Waals surface area contributed by atoms with E-state index in [2.05, 4.69) is 20.7 Å². The van der Waals surface area contributed by atoms with Gasteiger partial charge in [0.15, 0.2) is 0 Å². The molecule has 1 aromatic heterocycles. The third-order valence-electron chi connectivity index (χ3n) is 5.41. The van der Waals surface area contributed by atoms with E-state index in [0.29, 0.717) is 30.4 Å². The van der Waals surface area contributed by atoms with Crippen LogP contribution in [0.2, 0.25) is 0 Å².